The largest absolute Gasteiger partial charge is 0.462 e. The number of carbonyl (C=O) groups is 3. The van der Waals surface area contributed by atoms with Gasteiger partial charge in [0.15, 0.2) is 6.10 Å². The Bertz CT molecular complexity index is 1280. The Balaban J connectivity index is 4.15. The van der Waals surface area contributed by atoms with Crippen LogP contribution in [0.25, 0.3) is 0 Å². The van der Waals surface area contributed by atoms with Crippen molar-refractivity contribution in [3.8, 4) is 0 Å². The van der Waals surface area contributed by atoms with Crippen LogP contribution in [0.3, 0.4) is 0 Å². The molecule has 0 amide bonds. The Kier molecular flexibility index (Phi) is 60.7. The SMILES string of the molecule is CC/C=C\C/C=C\C/C=C\CCCCCC(=O)OCC(COC(=O)CCCCCCCCCCCCCCCCCCC/C=C\CCCCCCCCCC)OC(=O)CCCCCCCCCCCCCCCC. The van der Waals surface area contributed by atoms with Crippen LogP contribution in [0, 0.1) is 0 Å². The molecule has 0 aromatic carbocycles. The Hall–Kier alpha value is -2.63. The zero-order valence-electron chi connectivity index (χ0n) is 49.6. The lowest BCUT2D eigenvalue weighted by molar-refractivity contribution is -0.167. The minimum atomic E-state index is -0.782. The van der Waals surface area contributed by atoms with Crippen LogP contribution in [0.4, 0.5) is 0 Å². The summed E-state index contributed by atoms with van der Waals surface area (Å²) < 4.78 is 16.9. The average molecular weight is 1040 g/mol. The van der Waals surface area contributed by atoms with E-state index < -0.39 is 6.10 Å². The molecule has 6 nitrogen and oxygen atoms in total. The summed E-state index contributed by atoms with van der Waals surface area (Å²) in [5.41, 5.74) is 0. The van der Waals surface area contributed by atoms with E-state index >= 15 is 0 Å². The standard InChI is InChI=1S/C68H124O6/c1-4-7-10-13-16-19-22-25-27-28-29-30-31-32-33-34-35-36-37-38-39-40-41-44-46-49-52-55-58-61-67(70)73-64-65(63-72-66(69)60-57-54-51-48-45-42-24-21-18-15-12-9-6-3)74-68(71)62-59-56-53-50-47-43-26-23-20-17-14-11-8-5-2/h9,12,18,21,28-29,42,45,65H,4-8,10-11,13-17,19-20,22-27,30-41,43-44,46-64H2,1-3H3/b12-9-,21-18-,29-28-,45-42-. The number of ether oxygens (including phenoxy) is 3. The van der Waals surface area contributed by atoms with Crippen molar-refractivity contribution in [1.82, 2.24) is 0 Å². The second-order valence-corrected chi connectivity index (χ2v) is 22.0. The van der Waals surface area contributed by atoms with Crippen LogP contribution < -0.4 is 0 Å². The summed E-state index contributed by atoms with van der Waals surface area (Å²) in [6.07, 6.45) is 78.6. The molecule has 0 aliphatic carbocycles. The Morgan fingerprint density at radius 2 is 0.527 bits per heavy atom. The zero-order chi connectivity index (χ0) is 53.6. The van der Waals surface area contributed by atoms with E-state index in [9.17, 15) is 14.4 Å². The van der Waals surface area contributed by atoms with E-state index in [1.807, 2.05) is 0 Å². The van der Waals surface area contributed by atoms with Gasteiger partial charge in [0.05, 0.1) is 0 Å². The van der Waals surface area contributed by atoms with Gasteiger partial charge >= 0.3 is 17.9 Å². The third-order valence-electron chi connectivity index (χ3n) is 14.6. The van der Waals surface area contributed by atoms with E-state index in [4.69, 9.17) is 14.2 Å². The van der Waals surface area contributed by atoms with Crippen molar-refractivity contribution in [1.29, 1.82) is 0 Å². The van der Waals surface area contributed by atoms with Gasteiger partial charge in [-0.05, 0) is 77.0 Å². The first kappa shape index (κ1) is 71.4. The highest BCUT2D eigenvalue weighted by atomic mass is 16.6. The molecule has 0 aliphatic heterocycles. The van der Waals surface area contributed by atoms with Crippen molar-refractivity contribution >= 4 is 17.9 Å². The Morgan fingerprint density at radius 1 is 0.284 bits per heavy atom. The second kappa shape index (κ2) is 62.9. The summed E-state index contributed by atoms with van der Waals surface area (Å²) in [5.74, 6) is -0.889. The lowest BCUT2D eigenvalue weighted by Gasteiger charge is -2.18. The minimum absolute atomic E-state index is 0.0781. The van der Waals surface area contributed by atoms with Gasteiger partial charge in [0, 0.05) is 19.3 Å². The predicted octanol–water partition coefficient (Wildman–Crippen LogP) is 22.2. The fourth-order valence-electron chi connectivity index (χ4n) is 9.69. The molecule has 0 fully saturated rings. The van der Waals surface area contributed by atoms with E-state index in [2.05, 4.69) is 69.4 Å². The quantitative estimate of drug-likeness (QED) is 0.0261. The Morgan fingerprint density at radius 3 is 0.851 bits per heavy atom. The van der Waals surface area contributed by atoms with Crippen molar-refractivity contribution in [3.05, 3.63) is 48.6 Å². The highest BCUT2D eigenvalue weighted by Gasteiger charge is 2.19. The van der Waals surface area contributed by atoms with E-state index in [-0.39, 0.29) is 31.1 Å². The summed E-state index contributed by atoms with van der Waals surface area (Å²) in [6.45, 7) is 6.55. The molecule has 6 heteroatoms. The number of carbonyl (C=O) groups excluding carboxylic acids is 3. The molecule has 0 rings (SSSR count). The Labute approximate surface area is 460 Å². The first-order valence-electron chi connectivity index (χ1n) is 32.6. The molecular weight excluding hydrogens is 913 g/mol. The van der Waals surface area contributed by atoms with Gasteiger partial charge in [-0.2, -0.15) is 0 Å². The van der Waals surface area contributed by atoms with Crippen molar-refractivity contribution < 1.29 is 28.6 Å². The topological polar surface area (TPSA) is 78.9 Å². The zero-order valence-corrected chi connectivity index (χ0v) is 49.6. The second-order valence-electron chi connectivity index (χ2n) is 22.0. The molecule has 0 heterocycles. The van der Waals surface area contributed by atoms with Crippen LogP contribution in [-0.2, 0) is 28.6 Å². The number of allylic oxidation sites excluding steroid dienone is 8. The van der Waals surface area contributed by atoms with E-state index in [0.29, 0.717) is 19.3 Å². The molecule has 1 atom stereocenters. The highest BCUT2D eigenvalue weighted by molar-refractivity contribution is 5.71. The van der Waals surface area contributed by atoms with Crippen molar-refractivity contribution in [2.75, 3.05) is 13.2 Å². The number of hydrogen-bond donors (Lipinski definition) is 0. The molecule has 0 saturated heterocycles. The van der Waals surface area contributed by atoms with Crippen LogP contribution in [0.5, 0.6) is 0 Å². The molecule has 0 aliphatic rings. The average Bonchev–Trinajstić information content (AvgIpc) is 3.40. The molecular formula is C68H124O6. The van der Waals surface area contributed by atoms with Crippen LogP contribution in [0.1, 0.15) is 348 Å². The van der Waals surface area contributed by atoms with Gasteiger partial charge in [-0.15, -0.1) is 0 Å². The maximum atomic E-state index is 12.9. The van der Waals surface area contributed by atoms with E-state index in [1.165, 1.54) is 225 Å². The smallest absolute Gasteiger partial charge is 0.306 e. The molecule has 0 saturated carbocycles. The molecule has 0 N–H and O–H groups in total. The third-order valence-corrected chi connectivity index (χ3v) is 14.6. The van der Waals surface area contributed by atoms with E-state index in [1.54, 1.807) is 0 Å². The van der Waals surface area contributed by atoms with Crippen LogP contribution in [0.15, 0.2) is 48.6 Å². The predicted molar refractivity (Wildman–Crippen MR) is 321 cm³/mol. The van der Waals surface area contributed by atoms with Crippen LogP contribution in [0.2, 0.25) is 0 Å². The number of hydrogen-bond acceptors (Lipinski definition) is 6. The van der Waals surface area contributed by atoms with E-state index in [0.717, 1.165) is 83.5 Å². The number of unbranched alkanes of at least 4 members (excludes halogenated alkanes) is 41. The maximum Gasteiger partial charge on any atom is 0.306 e. The van der Waals surface area contributed by atoms with Gasteiger partial charge in [0.25, 0.3) is 0 Å². The summed E-state index contributed by atoms with van der Waals surface area (Å²) in [6, 6.07) is 0. The highest BCUT2D eigenvalue weighted by Crippen LogP contribution is 2.18. The lowest BCUT2D eigenvalue weighted by atomic mass is 10.0. The lowest BCUT2D eigenvalue weighted by Crippen LogP contribution is -2.30. The van der Waals surface area contributed by atoms with Crippen LogP contribution >= 0.6 is 0 Å². The minimum Gasteiger partial charge on any atom is -0.462 e. The van der Waals surface area contributed by atoms with Gasteiger partial charge in [-0.3, -0.25) is 14.4 Å². The van der Waals surface area contributed by atoms with Gasteiger partial charge < -0.3 is 14.2 Å². The first-order chi connectivity index (χ1) is 36.5. The molecule has 0 bridgehead atoms. The van der Waals surface area contributed by atoms with Crippen molar-refractivity contribution in [2.24, 2.45) is 0 Å². The normalized spacial score (nSPS) is 12.3. The van der Waals surface area contributed by atoms with Crippen LogP contribution in [-0.4, -0.2) is 37.2 Å². The van der Waals surface area contributed by atoms with Crippen molar-refractivity contribution in [3.63, 3.8) is 0 Å². The summed E-state index contributed by atoms with van der Waals surface area (Å²) >= 11 is 0. The van der Waals surface area contributed by atoms with Gasteiger partial charge in [0.1, 0.15) is 13.2 Å². The van der Waals surface area contributed by atoms with Crippen molar-refractivity contribution in [2.45, 2.75) is 354 Å². The third kappa shape index (κ3) is 60.2. The molecule has 432 valence electrons. The maximum absolute atomic E-state index is 12.9. The molecule has 0 radical (unpaired) electrons. The monoisotopic (exact) mass is 1040 g/mol. The molecule has 74 heavy (non-hydrogen) atoms. The summed E-state index contributed by atoms with van der Waals surface area (Å²) in [4.78, 5) is 38.2. The van der Waals surface area contributed by atoms with Gasteiger partial charge in [0.2, 0.25) is 0 Å². The molecule has 0 aromatic heterocycles. The van der Waals surface area contributed by atoms with Gasteiger partial charge in [-0.25, -0.2) is 0 Å². The fraction of sp³-hybridized carbons (Fsp3) is 0.838. The number of rotatable bonds is 60. The molecule has 0 spiro atoms. The molecule has 0 aromatic rings. The fourth-order valence-corrected chi connectivity index (χ4v) is 9.69. The summed E-state index contributed by atoms with van der Waals surface area (Å²) in [7, 11) is 0. The summed E-state index contributed by atoms with van der Waals surface area (Å²) in [5, 5.41) is 0. The molecule has 1 unspecified atom stereocenters. The number of esters is 3. The van der Waals surface area contributed by atoms with Gasteiger partial charge in [-0.1, -0.05) is 301 Å². The first-order valence-corrected chi connectivity index (χ1v) is 32.6.